The molecule has 2 aliphatic rings. The van der Waals surface area contributed by atoms with Gasteiger partial charge in [0.05, 0.1) is 11.5 Å². The standard InChI is InChI=1S/C18H33N3O2/c1-12(2)18(4,11-19)20-17(23)14-9-16(22)21(10-14)15-7-5-13(3)6-8-15/h12-15H,5-11,19H2,1-4H3,(H,20,23). The van der Waals surface area contributed by atoms with Gasteiger partial charge in [-0.05, 0) is 44.4 Å². The molecule has 0 aromatic carbocycles. The van der Waals surface area contributed by atoms with Crippen molar-refractivity contribution in [3.8, 4) is 0 Å². The Morgan fingerprint density at radius 1 is 1.35 bits per heavy atom. The molecule has 132 valence electrons. The van der Waals surface area contributed by atoms with Gasteiger partial charge in [0.1, 0.15) is 0 Å². The van der Waals surface area contributed by atoms with Gasteiger partial charge in [-0.2, -0.15) is 0 Å². The quantitative estimate of drug-likeness (QED) is 0.811. The van der Waals surface area contributed by atoms with E-state index >= 15 is 0 Å². The van der Waals surface area contributed by atoms with Crippen LogP contribution in [0, 0.1) is 17.8 Å². The molecular formula is C18H33N3O2. The number of hydrogen-bond acceptors (Lipinski definition) is 3. The summed E-state index contributed by atoms with van der Waals surface area (Å²) in [7, 11) is 0. The van der Waals surface area contributed by atoms with Gasteiger partial charge in [-0.15, -0.1) is 0 Å². The highest BCUT2D eigenvalue weighted by Crippen LogP contribution is 2.31. The Balaban J connectivity index is 1.95. The van der Waals surface area contributed by atoms with E-state index in [4.69, 9.17) is 5.73 Å². The van der Waals surface area contributed by atoms with Crippen LogP contribution in [-0.2, 0) is 9.59 Å². The maximum absolute atomic E-state index is 12.6. The number of nitrogens with one attached hydrogen (secondary N) is 1. The van der Waals surface area contributed by atoms with E-state index in [0.717, 1.165) is 18.8 Å². The molecule has 0 aromatic rings. The molecule has 1 aliphatic heterocycles. The summed E-state index contributed by atoms with van der Waals surface area (Å²) in [5.41, 5.74) is 5.44. The number of hydrogen-bond donors (Lipinski definition) is 2. The van der Waals surface area contributed by atoms with Crippen LogP contribution in [0.1, 0.15) is 59.8 Å². The van der Waals surface area contributed by atoms with E-state index in [-0.39, 0.29) is 23.7 Å². The van der Waals surface area contributed by atoms with Gasteiger partial charge in [-0.1, -0.05) is 20.8 Å². The van der Waals surface area contributed by atoms with Crippen LogP contribution in [-0.4, -0.2) is 41.4 Å². The highest BCUT2D eigenvalue weighted by atomic mass is 16.2. The number of carbonyl (C=O) groups is 2. The third-order valence-corrected chi connectivity index (χ3v) is 6.06. The minimum absolute atomic E-state index is 0.0216. The highest BCUT2D eigenvalue weighted by molar-refractivity contribution is 5.89. The number of amides is 2. The van der Waals surface area contributed by atoms with E-state index < -0.39 is 5.54 Å². The van der Waals surface area contributed by atoms with Gasteiger partial charge in [0.25, 0.3) is 0 Å². The average Bonchev–Trinajstić information content (AvgIpc) is 2.90. The molecule has 1 saturated heterocycles. The summed E-state index contributed by atoms with van der Waals surface area (Å²) in [5.74, 6) is 0.908. The Bertz CT molecular complexity index is 444. The summed E-state index contributed by atoms with van der Waals surface area (Å²) < 4.78 is 0. The van der Waals surface area contributed by atoms with Crippen molar-refractivity contribution in [2.24, 2.45) is 23.5 Å². The lowest BCUT2D eigenvalue weighted by Gasteiger charge is -2.35. The van der Waals surface area contributed by atoms with Crippen molar-refractivity contribution in [1.82, 2.24) is 10.2 Å². The minimum atomic E-state index is -0.409. The predicted molar refractivity (Wildman–Crippen MR) is 91.7 cm³/mol. The van der Waals surface area contributed by atoms with Gasteiger partial charge in [0, 0.05) is 25.6 Å². The second kappa shape index (κ2) is 7.20. The lowest BCUT2D eigenvalue weighted by Crippen LogP contribution is -2.56. The van der Waals surface area contributed by atoms with Crippen molar-refractivity contribution in [2.45, 2.75) is 71.4 Å². The Morgan fingerprint density at radius 3 is 2.48 bits per heavy atom. The highest BCUT2D eigenvalue weighted by Gasteiger charge is 2.40. The first-order valence-corrected chi connectivity index (χ1v) is 9.08. The molecule has 0 bridgehead atoms. The zero-order valence-electron chi connectivity index (χ0n) is 15.1. The molecule has 2 rings (SSSR count). The van der Waals surface area contributed by atoms with E-state index in [1.807, 2.05) is 11.8 Å². The second-order valence-electron chi connectivity index (χ2n) is 8.13. The van der Waals surface area contributed by atoms with Crippen LogP contribution in [0.5, 0.6) is 0 Å². The molecule has 5 nitrogen and oxygen atoms in total. The molecule has 23 heavy (non-hydrogen) atoms. The third-order valence-electron chi connectivity index (χ3n) is 6.06. The van der Waals surface area contributed by atoms with Crippen LogP contribution in [0.15, 0.2) is 0 Å². The Morgan fingerprint density at radius 2 is 1.96 bits per heavy atom. The first kappa shape index (κ1) is 18.2. The zero-order valence-corrected chi connectivity index (χ0v) is 15.1. The summed E-state index contributed by atoms with van der Waals surface area (Å²) in [6.07, 6.45) is 4.87. The molecule has 0 spiro atoms. The SMILES string of the molecule is CC1CCC(N2CC(C(=O)NC(C)(CN)C(C)C)CC2=O)CC1. The minimum Gasteiger partial charge on any atom is -0.349 e. The molecule has 1 saturated carbocycles. The van der Waals surface area contributed by atoms with Crippen LogP contribution < -0.4 is 11.1 Å². The summed E-state index contributed by atoms with van der Waals surface area (Å²) >= 11 is 0. The fourth-order valence-corrected chi connectivity index (χ4v) is 3.63. The van der Waals surface area contributed by atoms with Crippen molar-refractivity contribution < 1.29 is 9.59 Å². The van der Waals surface area contributed by atoms with Crippen LogP contribution >= 0.6 is 0 Å². The summed E-state index contributed by atoms with van der Waals surface area (Å²) in [6, 6.07) is 0.336. The van der Waals surface area contributed by atoms with Gasteiger partial charge in [0.2, 0.25) is 11.8 Å². The van der Waals surface area contributed by atoms with Crippen molar-refractivity contribution >= 4 is 11.8 Å². The molecule has 2 fully saturated rings. The lowest BCUT2D eigenvalue weighted by molar-refractivity contribution is -0.131. The number of nitrogens with zero attached hydrogens (tertiary/aromatic N) is 1. The normalized spacial score (nSPS) is 31.3. The molecule has 0 aromatic heterocycles. The van der Waals surface area contributed by atoms with E-state index in [9.17, 15) is 9.59 Å². The van der Waals surface area contributed by atoms with Crippen molar-refractivity contribution in [2.75, 3.05) is 13.1 Å². The topological polar surface area (TPSA) is 75.4 Å². The zero-order chi connectivity index (χ0) is 17.2. The van der Waals surface area contributed by atoms with Gasteiger partial charge >= 0.3 is 0 Å². The Labute approximate surface area is 140 Å². The third kappa shape index (κ3) is 4.06. The molecule has 5 heteroatoms. The first-order valence-electron chi connectivity index (χ1n) is 9.08. The molecule has 0 radical (unpaired) electrons. The van der Waals surface area contributed by atoms with Crippen LogP contribution in [0.2, 0.25) is 0 Å². The van der Waals surface area contributed by atoms with E-state index in [1.165, 1.54) is 12.8 Å². The van der Waals surface area contributed by atoms with Gasteiger partial charge in [-0.3, -0.25) is 9.59 Å². The molecular weight excluding hydrogens is 290 g/mol. The van der Waals surface area contributed by atoms with Crippen LogP contribution in [0.3, 0.4) is 0 Å². The Hall–Kier alpha value is -1.10. The summed E-state index contributed by atoms with van der Waals surface area (Å²) in [5, 5.41) is 3.09. The van der Waals surface area contributed by atoms with Crippen molar-refractivity contribution in [3.63, 3.8) is 0 Å². The van der Waals surface area contributed by atoms with Crippen molar-refractivity contribution in [3.05, 3.63) is 0 Å². The van der Waals surface area contributed by atoms with E-state index in [2.05, 4.69) is 26.1 Å². The smallest absolute Gasteiger partial charge is 0.225 e. The van der Waals surface area contributed by atoms with Crippen molar-refractivity contribution in [1.29, 1.82) is 0 Å². The molecule has 1 aliphatic carbocycles. The molecule has 2 amide bonds. The lowest BCUT2D eigenvalue weighted by atomic mass is 9.86. The van der Waals surface area contributed by atoms with Crippen LogP contribution in [0.25, 0.3) is 0 Å². The second-order valence-corrected chi connectivity index (χ2v) is 8.13. The molecule has 3 N–H and O–H groups in total. The first-order chi connectivity index (χ1) is 10.8. The fourth-order valence-electron chi connectivity index (χ4n) is 3.63. The average molecular weight is 323 g/mol. The van der Waals surface area contributed by atoms with Gasteiger partial charge in [-0.25, -0.2) is 0 Å². The van der Waals surface area contributed by atoms with E-state index in [1.54, 1.807) is 0 Å². The van der Waals surface area contributed by atoms with E-state index in [0.29, 0.717) is 25.6 Å². The van der Waals surface area contributed by atoms with Gasteiger partial charge < -0.3 is 16.0 Å². The van der Waals surface area contributed by atoms with Gasteiger partial charge in [0.15, 0.2) is 0 Å². The Kier molecular flexibility index (Phi) is 5.71. The fraction of sp³-hybridized carbons (Fsp3) is 0.889. The summed E-state index contributed by atoms with van der Waals surface area (Å²) in [6.45, 7) is 9.35. The molecule has 2 unspecified atom stereocenters. The monoisotopic (exact) mass is 323 g/mol. The van der Waals surface area contributed by atoms with Crippen LogP contribution in [0.4, 0.5) is 0 Å². The number of nitrogens with two attached hydrogens (primary N) is 1. The summed E-state index contributed by atoms with van der Waals surface area (Å²) in [4.78, 5) is 26.9. The largest absolute Gasteiger partial charge is 0.349 e. The number of carbonyl (C=O) groups excluding carboxylic acids is 2. The maximum atomic E-state index is 12.6. The molecule has 2 atom stereocenters. The predicted octanol–water partition coefficient (Wildman–Crippen LogP) is 1.90. The number of likely N-dealkylation sites (tertiary alicyclic amines) is 1. The maximum Gasteiger partial charge on any atom is 0.225 e. The number of rotatable bonds is 5. The molecule has 1 heterocycles.